The number of hydrogen-bond donors (Lipinski definition) is 1. The minimum Gasteiger partial charge on any atom is -0.305 e. The maximum atomic E-state index is 4.64. The molecule has 0 spiro atoms. The van der Waals surface area contributed by atoms with Crippen LogP contribution in [0.2, 0.25) is 0 Å². The van der Waals surface area contributed by atoms with Gasteiger partial charge in [-0.2, -0.15) is 0 Å². The summed E-state index contributed by atoms with van der Waals surface area (Å²) in [7, 11) is 2.15. The van der Waals surface area contributed by atoms with Crippen molar-refractivity contribution in [2.45, 2.75) is 43.3 Å². The molecule has 4 rings (SSSR count). The second-order valence-corrected chi connectivity index (χ2v) is 8.66. The van der Waals surface area contributed by atoms with Gasteiger partial charge in [-0.3, -0.25) is 4.98 Å². The molecule has 1 unspecified atom stereocenters. The summed E-state index contributed by atoms with van der Waals surface area (Å²) in [6.45, 7) is 1.80. The van der Waals surface area contributed by atoms with Crippen LogP contribution in [0.3, 0.4) is 0 Å². The predicted octanol–water partition coefficient (Wildman–Crippen LogP) is 5.39. The van der Waals surface area contributed by atoms with E-state index in [1.807, 2.05) is 12.3 Å². The lowest BCUT2D eigenvalue weighted by Gasteiger charge is -2.25. The molecule has 144 valence electrons. The van der Waals surface area contributed by atoms with Gasteiger partial charge in [0.15, 0.2) is 0 Å². The lowest BCUT2D eigenvalue weighted by Crippen LogP contribution is -2.25. The molecule has 1 aliphatic carbocycles. The van der Waals surface area contributed by atoms with E-state index in [1.54, 1.807) is 11.9 Å². The van der Waals surface area contributed by atoms with Crippen LogP contribution in [0.25, 0.3) is 0 Å². The van der Waals surface area contributed by atoms with Crippen LogP contribution < -0.4 is 5.32 Å². The van der Waals surface area contributed by atoms with Crippen LogP contribution >= 0.6 is 11.9 Å². The number of hydrogen-bond acceptors (Lipinski definition) is 4. The van der Waals surface area contributed by atoms with Crippen LogP contribution in [0.5, 0.6) is 0 Å². The molecule has 1 heterocycles. The topological polar surface area (TPSA) is 28.2 Å². The molecule has 0 aliphatic heterocycles. The fourth-order valence-corrected chi connectivity index (χ4v) is 4.73. The molecule has 0 saturated carbocycles. The van der Waals surface area contributed by atoms with Gasteiger partial charge in [0.1, 0.15) is 0 Å². The van der Waals surface area contributed by atoms with Gasteiger partial charge in [0.25, 0.3) is 0 Å². The zero-order valence-electron chi connectivity index (χ0n) is 16.3. The first-order valence-corrected chi connectivity index (χ1v) is 10.7. The number of fused-ring (bicyclic) bond motifs is 1. The summed E-state index contributed by atoms with van der Waals surface area (Å²) in [4.78, 5) is 5.91. The molecule has 0 radical (unpaired) electrons. The number of benzene rings is 2. The number of rotatable bonds is 7. The average molecular weight is 390 g/mol. The van der Waals surface area contributed by atoms with Crippen molar-refractivity contribution in [3.63, 3.8) is 0 Å². The highest BCUT2D eigenvalue weighted by Gasteiger charge is 2.20. The van der Waals surface area contributed by atoms with Crippen molar-refractivity contribution in [3.05, 3.63) is 95.3 Å². The zero-order valence-corrected chi connectivity index (χ0v) is 17.2. The highest BCUT2D eigenvalue weighted by atomic mass is 32.2. The summed E-state index contributed by atoms with van der Waals surface area (Å²) in [6, 6.07) is 24.1. The number of pyridine rings is 1. The van der Waals surface area contributed by atoms with Gasteiger partial charge in [-0.25, -0.2) is 4.31 Å². The minimum atomic E-state index is 0.363. The van der Waals surface area contributed by atoms with E-state index in [0.717, 1.165) is 25.9 Å². The molecule has 4 heteroatoms. The van der Waals surface area contributed by atoms with E-state index < -0.39 is 0 Å². The van der Waals surface area contributed by atoms with E-state index in [4.69, 9.17) is 0 Å². The normalized spacial score (nSPS) is 16.1. The molecule has 28 heavy (non-hydrogen) atoms. The van der Waals surface area contributed by atoms with Crippen LogP contribution in [0.4, 0.5) is 0 Å². The van der Waals surface area contributed by atoms with Gasteiger partial charge < -0.3 is 5.32 Å². The summed E-state index contributed by atoms with van der Waals surface area (Å²) in [5.74, 6) is 0. The number of aromatic nitrogens is 1. The summed E-state index contributed by atoms with van der Waals surface area (Å²) < 4.78 is 2.28. The Morgan fingerprint density at radius 2 is 1.89 bits per heavy atom. The first-order valence-electron chi connectivity index (χ1n) is 9.97. The lowest BCUT2D eigenvalue weighted by molar-refractivity contribution is 0.447. The Kier molecular flexibility index (Phi) is 6.42. The van der Waals surface area contributed by atoms with Crippen LogP contribution in [0.1, 0.15) is 41.3 Å². The monoisotopic (exact) mass is 389 g/mol. The average Bonchev–Trinajstić information content (AvgIpc) is 2.73. The van der Waals surface area contributed by atoms with Crippen molar-refractivity contribution in [3.8, 4) is 0 Å². The van der Waals surface area contributed by atoms with E-state index in [1.165, 1.54) is 33.7 Å². The SMILES string of the molecule is CN(Cc1ccccc1)Sc1cccc(CNC2CCCc3cccnc32)c1. The van der Waals surface area contributed by atoms with Crippen molar-refractivity contribution in [2.24, 2.45) is 0 Å². The lowest BCUT2D eigenvalue weighted by atomic mass is 9.92. The third-order valence-corrected chi connectivity index (χ3v) is 6.06. The Bertz CT molecular complexity index is 897. The smallest absolute Gasteiger partial charge is 0.0605 e. The van der Waals surface area contributed by atoms with E-state index >= 15 is 0 Å². The predicted molar refractivity (Wildman–Crippen MR) is 117 cm³/mol. The Hall–Kier alpha value is -2.14. The van der Waals surface area contributed by atoms with Gasteiger partial charge in [-0.1, -0.05) is 48.5 Å². The maximum Gasteiger partial charge on any atom is 0.0605 e. The van der Waals surface area contributed by atoms with E-state index in [2.05, 4.69) is 82.3 Å². The molecule has 1 aromatic heterocycles. The summed E-state index contributed by atoms with van der Waals surface area (Å²) >= 11 is 1.80. The Labute approximate surface area is 172 Å². The van der Waals surface area contributed by atoms with Gasteiger partial charge in [-0.05, 0) is 73.1 Å². The first kappa shape index (κ1) is 19.2. The Morgan fingerprint density at radius 1 is 1.04 bits per heavy atom. The quantitative estimate of drug-likeness (QED) is 0.549. The molecule has 0 saturated heterocycles. The summed E-state index contributed by atoms with van der Waals surface area (Å²) in [5, 5.41) is 3.73. The second-order valence-electron chi connectivity index (χ2n) is 7.38. The van der Waals surface area contributed by atoms with Gasteiger partial charge in [0.05, 0.1) is 11.7 Å². The van der Waals surface area contributed by atoms with Gasteiger partial charge in [0, 0.05) is 24.2 Å². The summed E-state index contributed by atoms with van der Waals surface area (Å²) in [5.41, 5.74) is 5.29. The van der Waals surface area contributed by atoms with Crippen LogP contribution in [0, 0.1) is 0 Å². The standard InChI is InChI=1S/C24H27N3S/c1-27(18-19-8-3-2-4-9-19)28-22-13-5-10-20(16-22)17-26-23-14-6-11-21-12-7-15-25-24(21)23/h2-5,7-10,12-13,15-16,23,26H,6,11,14,17-18H2,1H3. The fourth-order valence-electron chi connectivity index (χ4n) is 3.81. The fraction of sp³-hybridized carbons (Fsp3) is 0.292. The Morgan fingerprint density at radius 3 is 2.79 bits per heavy atom. The molecule has 0 fully saturated rings. The molecular formula is C24H27N3S. The number of aryl methyl sites for hydroxylation is 1. The van der Waals surface area contributed by atoms with Crippen molar-refractivity contribution in [1.29, 1.82) is 0 Å². The highest BCUT2D eigenvalue weighted by molar-refractivity contribution is 7.97. The molecule has 1 atom stereocenters. The third-order valence-electron chi connectivity index (χ3n) is 5.16. The number of nitrogens with zero attached hydrogens (tertiary/aromatic N) is 2. The second kappa shape index (κ2) is 9.37. The van der Waals surface area contributed by atoms with Crippen molar-refractivity contribution < 1.29 is 0 Å². The Balaban J connectivity index is 1.35. The maximum absolute atomic E-state index is 4.64. The molecule has 0 amide bonds. The number of nitrogens with one attached hydrogen (secondary N) is 1. The van der Waals surface area contributed by atoms with Crippen molar-refractivity contribution >= 4 is 11.9 Å². The van der Waals surface area contributed by atoms with Crippen molar-refractivity contribution in [2.75, 3.05) is 7.05 Å². The van der Waals surface area contributed by atoms with E-state index in [0.29, 0.717) is 6.04 Å². The van der Waals surface area contributed by atoms with Crippen molar-refractivity contribution in [1.82, 2.24) is 14.6 Å². The van der Waals surface area contributed by atoms with Gasteiger partial charge in [0.2, 0.25) is 0 Å². The van der Waals surface area contributed by atoms with Crippen LogP contribution in [0.15, 0.2) is 77.8 Å². The molecule has 3 aromatic rings. The van der Waals surface area contributed by atoms with E-state index in [-0.39, 0.29) is 0 Å². The molecular weight excluding hydrogens is 362 g/mol. The molecule has 2 aromatic carbocycles. The van der Waals surface area contributed by atoms with E-state index in [9.17, 15) is 0 Å². The molecule has 0 bridgehead atoms. The first-order chi connectivity index (χ1) is 13.8. The third kappa shape index (κ3) is 5.02. The molecule has 1 aliphatic rings. The zero-order chi connectivity index (χ0) is 19.2. The largest absolute Gasteiger partial charge is 0.305 e. The van der Waals surface area contributed by atoms with Gasteiger partial charge >= 0.3 is 0 Å². The highest BCUT2D eigenvalue weighted by Crippen LogP contribution is 2.28. The molecule has 1 N–H and O–H groups in total. The molecule has 3 nitrogen and oxygen atoms in total. The van der Waals surface area contributed by atoms with Crippen LogP contribution in [-0.4, -0.2) is 16.3 Å². The van der Waals surface area contributed by atoms with Gasteiger partial charge in [-0.15, -0.1) is 0 Å². The van der Waals surface area contributed by atoms with Crippen LogP contribution in [-0.2, 0) is 19.5 Å². The minimum absolute atomic E-state index is 0.363. The summed E-state index contributed by atoms with van der Waals surface area (Å²) in [6.07, 6.45) is 5.47.